The zero-order valence-corrected chi connectivity index (χ0v) is 13.9. The highest BCUT2D eigenvalue weighted by atomic mass is 35.5. The van der Waals surface area contributed by atoms with Crippen LogP contribution in [0.5, 0.6) is 5.75 Å². The minimum Gasteiger partial charge on any atom is -0.481 e. The molecule has 23 heavy (non-hydrogen) atoms. The zero-order chi connectivity index (χ0) is 17.0. The smallest absolute Gasteiger partial charge is 0.341 e. The summed E-state index contributed by atoms with van der Waals surface area (Å²) in [6, 6.07) is 11.8. The topological polar surface area (TPSA) is 80.7 Å². The van der Waals surface area contributed by atoms with Gasteiger partial charge < -0.3 is 9.84 Å². The number of rotatable bonds is 6. The summed E-state index contributed by atoms with van der Waals surface area (Å²) in [6.07, 6.45) is 0. The van der Waals surface area contributed by atoms with Crippen molar-refractivity contribution in [2.24, 2.45) is 0 Å². The lowest BCUT2D eigenvalue weighted by molar-refractivity contribution is -0.139. The van der Waals surface area contributed by atoms with Crippen molar-refractivity contribution in [3.05, 3.63) is 47.5 Å². The molecule has 0 amide bonds. The number of aliphatic carboxylic acids is 1. The van der Waals surface area contributed by atoms with Gasteiger partial charge in [0.15, 0.2) is 16.4 Å². The van der Waals surface area contributed by atoms with Gasteiger partial charge >= 0.3 is 5.97 Å². The first-order chi connectivity index (χ1) is 10.8. The third-order valence-corrected chi connectivity index (χ3v) is 5.38. The quantitative estimate of drug-likeness (QED) is 0.861. The first-order valence-electron chi connectivity index (χ1n) is 6.81. The van der Waals surface area contributed by atoms with Gasteiger partial charge in [0.2, 0.25) is 0 Å². The van der Waals surface area contributed by atoms with Crippen LogP contribution in [0.15, 0.2) is 47.4 Å². The number of carbonyl (C=O) groups is 1. The van der Waals surface area contributed by atoms with E-state index in [0.717, 1.165) is 5.56 Å². The molecule has 0 aromatic heterocycles. The molecule has 0 fully saturated rings. The SMILES string of the molecule is CCS(=O)(=O)c1cc(OCC(=O)O)c(-c2ccccc2)cc1Cl. The highest BCUT2D eigenvalue weighted by Gasteiger charge is 2.20. The lowest BCUT2D eigenvalue weighted by Crippen LogP contribution is -2.11. The number of halogens is 1. The predicted octanol–water partition coefficient (Wildman–Crippen LogP) is 3.26. The van der Waals surface area contributed by atoms with Gasteiger partial charge in [-0.25, -0.2) is 13.2 Å². The van der Waals surface area contributed by atoms with Crippen molar-refractivity contribution >= 4 is 27.4 Å². The molecule has 122 valence electrons. The second-order valence-electron chi connectivity index (χ2n) is 4.73. The third-order valence-electron chi connectivity index (χ3n) is 3.19. The van der Waals surface area contributed by atoms with Gasteiger partial charge in [-0.1, -0.05) is 48.9 Å². The first kappa shape index (κ1) is 17.3. The van der Waals surface area contributed by atoms with Crippen molar-refractivity contribution in [2.45, 2.75) is 11.8 Å². The van der Waals surface area contributed by atoms with E-state index in [-0.39, 0.29) is 21.4 Å². The summed E-state index contributed by atoms with van der Waals surface area (Å²) in [5.41, 5.74) is 1.28. The number of sulfone groups is 1. The number of ether oxygens (including phenoxy) is 1. The Bertz CT molecular complexity index is 816. The lowest BCUT2D eigenvalue weighted by Gasteiger charge is -2.14. The molecule has 0 bridgehead atoms. The molecule has 0 spiro atoms. The molecule has 0 heterocycles. The van der Waals surface area contributed by atoms with Gasteiger partial charge in [0, 0.05) is 11.6 Å². The maximum absolute atomic E-state index is 12.1. The summed E-state index contributed by atoms with van der Waals surface area (Å²) < 4.78 is 29.5. The van der Waals surface area contributed by atoms with Crippen molar-refractivity contribution in [3.63, 3.8) is 0 Å². The Morgan fingerprint density at radius 1 is 1.22 bits per heavy atom. The normalized spacial score (nSPS) is 11.2. The molecule has 5 nitrogen and oxygen atoms in total. The summed E-state index contributed by atoms with van der Waals surface area (Å²) in [6.45, 7) is 0.932. The fourth-order valence-electron chi connectivity index (χ4n) is 2.03. The highest BCUT2D eigenvalue weighted by Crippen LogP contribution is 2.37. The highest BCUT2D eigenvalue weighted by molar-refractivity contribution is 7.91. The Labute approximate surface area is 139 Å². The predicted molar refractivity (Wildman–Crippen MR) is 87.7 cm³/mol. The van der Waals surface area contributed by atoms with Crippen molar-refractivity contribution in [2.75, 3.05) is 12.4 Å². The third kappa shape index (κ3) is 4.03. The van der Waals surface area contributed by atoms with E-state index in [1.54, 1.807) is 24.3 Å². The summed E-state index contributed by atoms with van der Waals surface area (Å²) >= 11 is 6.13. The Morgan fingerprint density at radius 3 is 2.43 bits per heavy atom. The van der Waals surface area contributed by atoms with E-state index in [1.165, 1.54) is 19.1 Å². The van der Waals surface area contributed by atoms with Crippen LogP contribution >= 0.6 is 11.6 Å². The average molecular weight is 355 g/mol. The van der Waals surface area contributed by atoms with Crippen molar-refractivity contribution in [1.82, 2.24) is 0 Å². The van der Waals surface area contributed by atoms with Gasteiger partial charge in [0.1, 0.15) is 5.75 Å². The van der Waals surface area contributed by atoms with Gasteiger partial charge in [0.05, 0.1) is 15.7 Å². The fraction of sp³-hybridized carbons (Fsp3) is 0.188. The molecule has 0 aliphatic rings. The van der Waals surface area contributed by atoms with Crippen LogP contribution in [0.1, 0.15) is 6.92 Å². The molecule has 0 radical (unpaired) electrons. The van der Waals surface area contributed by atoms with Crippen LogP contribution in [0, 0.1) is 0 Å². The average Bonchev–Trinajstić information content (AvgIpc) is 2.53. The molecular weight excluding hydrogens is 340 g/mol. The van der Waals surface area contributed by atoms with Crippen LogP contribution in [-0.4, -0.2) is 31.9 Å². The maximum atomic E-state index is 12.1. The Balaban J connectivity index is 2.62. The molecule has 7 heteroatoms. The van der Waals surface area contributed by atoms with Crippen LogP contribution in [0.2, 0.25) is 5.02 Å². The number of carboxylic acids is 1. The number of carboxylic acid groups (broad SMARTS) is 1. The van der Waals surface area contributed by atoms with Crippen LogP contribution in [0.25, 0.3) is 11.1 Å². The van der Waals surface area contributed by atoms with E-state index >= 15 is 0 Å². The Kier molecular flexibility index (Phi) is 5.28. The van der Waals surface area contributed by atoms with E-state index in [1.807, 2.05) is 6.07 Å². The van der Waals surface area contributed by atoms with Crippen LogP contribution in [-0.2, 0) is 14.6 Å². The largest absolute Gasteiger partial charge is 0.481 e. The molecule has 2 aromatic carbocycles. The summed E-state index contributed by atoms with van der Waals surface area (Å²) in [5, 5.41) is 8.87. The van der Waals surface area contributed by atoms with Crippen LogP contribution in [0.4, 0.5) is 0 Å². The van der Waals surface area contributed by atoms with Gasteiger partial charge in [-0.05, 0) is 11.6 Å². The van der Waals surface area contributed by atoms with E-state index in [9.17, 15) is 13.2 Å². The standard InChI is InChI=1S/C16H15ClO5S/c1-2-23(20,21)15-9-14(22-10-16(18)19)12(8-13(15)17)11-6-4-3-5-7-11/h3-9H,2,10H2,1H3,(H,18,19). The Morgan fingerprint density at radius 2 is 1.87 bits per heavy atom. The van der Waals surface area contributed by atoms with E-state index < -0.39 is 22.4 Å². The molecule has 0 unspecified atom stereocenters. The molecule has 0 saturated carbocycles. The molecule has 2 aromatic rings. The second kappa shape index (κ2) is 7.02. The molecular formula is C16H15ClO5S. The number of hydrogen-bond donors (Lipinski definition) is 1. The molecule has 2 rings (SSSR count). The monoisotopic (exact) mass is 354 g/mol. The minimum absolute atomic E-state index is 0.0678. The van der Waals surface area contributed by atoms with Crippen molar-refractivity contribution in [3.8, 4) is 16.9 Å². The summed E-state index contributed by atoms with van der Waals surface area (Å²) in [7, 11) is -3.55. The second-order valence-corrected chi connectivity index (χ2v) is 7.38. The van der Waals surface area contributed by atoms with E-state index in [0.29, 0.717) is 5.56 Å². The van der Waals surface area contributed by atoms with Gasteiger partial charge in [-0.3, -0.25) is 0 Å². The van der Waals surface area contributed by atoms with E-state index in [2.05, 4.69) is 0 Å². The zero-order valence-electron chi connectivity index (χ0n) is 12.3. The van der Waals surface area contributed by atoms with Gasteiger partial charge in [-0.2, -0.15) is 0 Å². The molecule has 0 aliphatic carbocycles. The summed E-state index contributed by atoms with van der Waals surface area (Å²) in [4.78, 5) is 10.7. The Hall–Kier alpha value is -2.05. The lowest BCUT2D eigenvalue weighted by atomic mass is 10.0. The minimum atomic E-state index is -3.55. The number of benzene rings is 2. The first-order valence-corrected chi connectivity index (χ1v) is 8.84. The van der Waals surface area contributed by atoms with Crippen molar-refractivity contribution < 1.29 is 23.1 Å². The molecule has 1 N–H and O–H groups in total. The van der Waals surface area contributed by atoms with Crippen molar-refractivity contribution in [1.29, 1.82) is 0 Å². The van der Waals surface area contributed by atoms with Gasteiger partial charge in [0.25, 0.3) is 0 Å². The molecule has 0 saturated heterocycles. The molecule has 0 atom stereocenters. The molecule has 0 aliphatic heterocycles. The van der Waals surface area contributed by atoms with Gasteiger partial charge in [-0.15, -0.1) is 0 Å². The summed E-state index contributed by atoms with van der Waals surface area (Å²) in [5.74, 6) is -1.11. The number of hydrogen-bond acceptors (Lipinski definition) is 4. The maximum Gasteiger partial charge on any atom is 0.341 e. The fourth-order valence-corrected chi connectivity index (χ4v) is 3.50. The van der Waals surface area contributed by atoms with Crippen LogP contribution < -0.4 is 4.74 Å². The van der Waals surface area contributed by atoms with E-state index in [4.69, 9.17) is 21.4 Å². The van der Waals surface area contributed by atoms with Crippen LogP contribution in [0.3, 0.4) is 0 Å².